The Morgan fingerprint density at radius 2 is 1.93 bits per heavy atom. The van der Waals surface area contributed by atoms with Gasteiger partial charge in [0.15, 0.2) is 5.78 Å². The summed E-state index contributed by atoms with van der Waals surface area (Å²) in [5.41, 5.74) is -0.182. The second-order valence-corrected chi connectivity index (χ2v) is 6.93. The first kappa shape index (κ1) is 11.1. The standard InChI is InChI=1S/C10H16O4S/c1-5-6-4-7(10(5,2)3)9(8(6)11)15(12,13)14/h5-7,9H,4H2,1-3H3,(H,12,13,14)/t5-,6-,7+,9+/m1/s1. The van der Waals surface area contributed by atoms with E-state index < -0.39 is 15.4 Å². The maximum absolute atomic E-state index is 11.8. The van der Waals surface area contributed by atoms with Crippen molar-refractivity contribution in [3.63, 3.8) is 0 Å². The van der Waals surface area contributed by atoms with Gasteiger partial charge in [-0.05, 0) is 23.7 Å². The maximum atomic E-state index is 11.8. The number of fused-ring (bicyclic) bond motifs is 2. The minimum Gasteiger partial charge on any atom is -0.298 e. The van der Waals surface area contributed by atoms with Crippen LogP contribution >= 0.6 is 0 Å². The second kappa shape index (κ2) is 2.83. The van der Waals surface area contributed by atoms with Gasteiger partial charge in [0.25, 0.3) is 10.1 Å². The summed E-state index contributed by atoms with van der Waals surface area (Å²) >= 11 is 0. The molecule has 0 amide bonds. The summed E-state index contributed by atoms with van der Waals surface area (Å²) in [5, 5.41) is -1.17. The van der Waals surface area contributed by atoms with Crippen molar-refractivity contribution in [3.8, 4) is 0 Å². The molecular weight excluding hydrogens is 216 g/mol. The minimum atomic E-state index is -4.23. The first-order valence-corrected chi connectivity index (χ1v) is 6.67. The predicted molar refractivity (Wildman–Crippen MR) is 54.9 cm³/mol. The normalized spacial score (nSPS) is 43.6. The minimum absolute atomic E-state index is 0.182. The molecule has 0 aromatic rings. The van der Waals surface area contributed by atoms with Crippen LogP contribution in [0.1, 0.15) is 27.2 Å². The summed E-state index contributed by atoms with van der Waals surface area (Å²) in [7, 11) is -4.23. The molecule has 0 saturated heterocycles. The molecule has 2 saturated carbocycles. The highest BCUT2D eigenvalue weighted by Crippen LogP contribution is 2.58. The molecule has 5 heteroatoms. The molecule has 0 aliphatic heterocycles. The number of rotatable bonds is 1. The maximum Gasteiger partial charge on any atom is 0.275 e. The molecule has 0 aromatic heterocycles. The van der Waals surface area contributed by atoms with E-state index in [1.54, 1.807) is 0 Å². The highest BCUT2D eigenvalue weighted by molar-refractivity contribution is 7.87. The fourth-order valence-corrected chi connectivity index (χ4v) is 4.62. The van der Waals surface area contributed by atoms with Gasteiger partial charge < -0.3 is 0 Å². The number of Topliss-reactive ketones (excluding diaryl/α,β-unsaturated/α-hetero) is 1. The third-order valence-electron chi connectivity index (χ3n) is 4.57. The molecule has 2 aliphatic rings. The van der Waals surface area contributed by atoms with Gasteiger partial charge in [-0.3, -0.25) is 9.35 Å². The number of ketones is 1. The lowest BCUT2D eigenvalue weighted by Gasteiger charge is -2.38. The zero-order chi connectivity index (χ0) is 11.6. The van der Waals surface area contributed by atoms with Crippen molar-refractivity contribution < 1.29 is 17.8 Å². The summed E-state index contributed by atoms with van der Waals surface area (Å²) in [6.07, 6.45) is 0.609. The van der Waals surface area contributed by atoms with Crippen LogP contribution in [0.2, 0.25) is 0 Å². The molecule has 2 bridgehead atoms. The van der Waals surface area contributed by atoms with Crippen LogP contribution in [0.3, 0.4) is 0 Å². The molecule has 0 aromatic carbocycles. The zero-order valence-electron chi connectivity index (χ0n) is 9.10. The highest BCUT2D eigenvalue weighted by atomic mass is 32.2. The lowest BCUT2D eigenvalue weighted by Crippen LogP contribution is -2.46. The van der Waals surface area contributed by atoms with Gasteiger partial charge in [-0.2, -0.15) is 8.42 Å². The smallest absolute Gasteiger partial charge is 0.275 e. The molecule has 4 atom stereocenters. The van der Waals surface area contributed by atoms with Crippen molar-refractivity contribution in [2.24, 2.45) is 23.2 Å². The molecule has 15 heavy (non-hydrogen) atoms. The predicted octanol–water partition coefficient (Wildman–Crippen LogP) is 1.12. The lowest BCUT2D eigenvalue weighted by atomic mass is 9.69. The molecular formula is C10H16O4S. The highest BCUT2D eigenvalue weighted by Gasteiger charge is 2.63. The topological polar surface area (TPSA) is 71.4 Å². The molecule has 4 nitrogen and oxygen atoms in total. The molecule has 0 radical (unpaired) electrons. The van der Waals surface area contributed by atoms with E-state index >= 15 is 0 Å². The van der Waals surface area contributed by atoms with E-state index in [0.29, 0.717) is 6.42 Å². The fraction of sp³-hybridized carbons (Fsp3) is 0.900. The fourth-order valence-electron chi connectivity index (χ4n) is 3.28. The Bertz CT molecular complexity index is 409. The Balaban J connectivity index is 2.46. The van der Waals surface area contributed by atoms with Gasteiger partial charge in [-0.15, -0.1) is 0 Å². The molecule has 2 fully saturated rings. The Kier molecular flexibility index (Phi) is 2.09. The summed E-state index contributed by atoms with van der Waals surface area (Å²) in [6, 6.07) is 0. The van der Waals surface area contributed by atoms with Gasteiger partial charge in [0, 0.05) is 5.92 Å². The van der Waals surface area contributed by atoms with E-state index in [0.717, 1.165) is 0 Å². The van der Waals surface area contributed by atoms with E-state index in [2.05, 4.69) is 0 Å². The van der Waals surface area contributed by atoms with Crippen LogP contribution in [-0.4, -0.2) is 24.0 Å². The van der Waals surface area contributed by atoms with E-state index in [1.807, 2.05) is 20.8 Å². The molecule has 0 heterocycles. The number of hydrogen-bond donors (Lipinski definition) is 1. The van der Waals surface area contributed by atoms with Crippen LogP contribution in [0.15, 0.2) is 0 Å². The second-order valence-electron chi connectivity index (χ2n) is 5.40. The molecule has 0 spiro atoms. The van der Waals surface area contributed by atoms with E-state index in [1.165, 1.54) is 0 Å². The Labute approximate surface area is 89.8 Å². The monoisotopic (exact) mass is 232 g/mol. The van der Waals surface area contributed by atoms with E-state index in [-0.39, 0.29) is 29.0 Å². The molecule has 2 rings (SSSR count). The van der Waals surface area contributed by atoms with E-state index in [9.17, 15) is 13.2 Å². The van der Waals surface area contributed by atoms with Crippen LogP contribution in [0.25, 0.3) is 0 Å². The summed E-state index contributed by atoms with van der Waals surface area (Å²) in [6.45, 7) is 5.95. The average Bonchev–Trinajstić information content (AvgIpc) is 2.48. The van der Waals surface area contributed by atoms with Crippen LogP contribution in [0, 0.1) is 23.2 Å². The third kappa shape index (κ3) is 1.29. The van der Waals surface area contributed by atoms with Crippen LogP contribution in [0.5, 0.6) is 0 Å². The van der Waals surface area contributed by atoms with E-state index in [4.69, 9.17) is 4.55 Å². The van der Waals surface area contributed by atoms with Crippen molar-refractivity contribution in [1.82, 2.24) is 0 Å². The Morgan fingerprint density at radius 3 is 2.33 bits per heavy atom. The molecule has 1 N–H and O–H groups in total. The summed E-state index contributed by atoms with van der Waals surface area (Å²) in [5.74, 6) is -0.487. The number of carbonyl (C=O) groups excluding carboxylic acids is 1. The average molecular weight is 232 g/mol. The van der Waals surface area contributed by atoms with Gasteiger partial charge in [-0.1, -0.05) is 20.8 Å². The largest absolute Gasteiger partial charge is 0.298 e. The first-order chi connectivity index (χ1) is 6.67. The zero-order valence-corrected chi connectivity index (χ0v) is 9.91. The van der Waals surface area contributed by atoms with Crippen LogP contribution < -0.4 is 0 Å². The number of hydrogen-bond acceptors (Lipinski definition) is 3. The number of carbonyl (C=O) groups is 1. The van der Waals surface area contributed by atoms with Gasteiger partial charge >= 0.3 is 0 Å². The van der Waals surface area contributed by atoms with Crippen molar-refractivity contribution in [2.75, 3.05) is 0 Å². The van der Waals surface area contributed by atoms with Crippen LogP contribution in [0.4, 0.5) is 0 Å². The third-order valence-corrected chi connectivity index (χ3v) is 5.78. The van der Waals surface area contributed by atoms with Crippen LogP contribution in [-0.2, 0) is 14.9 Å². The molecule has 86 valence electrons. The van der Waals surface area contributed by atoms with Crippen molar-refractivity contribution in [2.45, 2.75) is 32.4 Å². The molecule has 0 unspecified atom stereocenters. The van der Waals surface area contributed by atoms with Gasteiger partial charge in [0.2, 0.25) is 0 Å². The summed E-state index contributed by atoms with van der Waals surface area (Å²) < 4.78 is 31.4. The van der Waals surface area contributed by atoms with Gasteiger partial charge in [0.1, 0.15) is 5.25 Å². The van der Waals surface area contributed by atoms with Crippen molar-refractivity contribution in [1.29, 1.82) is 0 Å². The first-order valence-electron chi connectivity index (χ1n) is 5.17. The summed E-state index contributed by atoms with van der Waals surface area (Å²) in [4.78, 5) is 11.8. The Morgan fingerprint density at radius 1 is 1.40 bits per heavy atom. The van der Waals surface area contributed by atoms with Crippen molar-refractivity contribution >= 4 is 15.9 Å². The lowest BCUT2D eigenvalue weighted by molar-refractivity contribution is -0.125. The Hall–Kier alpha value is -0.420. The van der Waals surface area contributed by atoms with Crippen molar-refractivity contribution in [3.05, 3.63) is 0 Å². The SMILES string of the molecule is C[C@@H]1[C@H]2C[C@@H]([C@H](S(=O)(=O)O)C2=O)C1(C)C. The quantitative estimate of drug-likeness (QED) is 0.688. The molecule has 2 aliphatic carbocycles. The van der Waals surface area contributed by atoms with Gasteiger partial charge in [0.05, 0.1) is 0 Å². The van der Waals surface area contributed by atoms with Gasteiger partial charge in [-0.25, -0.2) is 0 Å².